The van der Waals surface area contributed by atoms with Gasteiger partial charge in [-0.3, -0.25) is 4.79 Å². The van der Waals surface area contributed by atoms with E-state index in [0.29, 0.717) is 0 Å². The summed E-state index contributed by atoms with van der Waals surface area (Å²) < 4.78 is 4.77. The van der Waals surface area contributed by atoms with Crippen molar-refractivity contribution in [2.45, 2.75) is 19.4 Å². The van der Waals surface area contributed by atoms with E-state index in [1.54, 1.807) is 19.1 Å². The van der Waals surface area contributed by atoms with Gasteiger partial charge in [-0.1, -0.05) is 30.3 Å². The quantitative estimate of drug-likeness (QED) is 0.741. The van der Waals surface area contributed by atoms with Gasteiger partial charge in [-0.25, -0.2) is 0 Å². The third-order valence-corrected chi connectivity index (χ3v) is 1.95. The van der Waals surface area contributed by atoms with Gasteiger partial charge in [0.25, 0.3) is 0 Å². The highest BCUT2D eigenvalue weighted by Gasteiger charge is 2.24. The summed E-state index contributed by atoms with van der Waals surface area (Å²) in [5.74, 6) is -0.388. The standard InChI is InChI=1S/C11H14O3/c1-9(12)14-8-11(2,13)10-6-4-3-5-7-10/h3-7,13H,8H2,1-2H3/t11-/m0/s1. The monoisotopic (exact) mass is 194 g/mol. The van der Waals surface area contributed by atoms with Gasteiger partial charge in [0.15, 0.2) is 0 Å². The lowest BCUT2D eigenvalue weighted by Crippen LogP contribution is -2.28. The smallest absolute Gasteiger partial charge is 0.302 e. The highest BCUT2D eigenvalue weighted by Crippen LogP contribution is 2.20. The van der Waals surface area contributed by atoms with E-state index >= 15 is 0 Å². The fraction of sp³-hybridized carbons (Fsp3) is 0.364. The molecule has 0 aliphatic carbocycles. The molecule has 14 heavy (non-hydrogen) atoms. The molecule has 3 nitrogen and oxygen atoms in total. The predicted octanol–water partition coefficient (Wildman–Crippen LogP) is 1.46. The molecule has 0 saturated heterocycles. The number of carbonyl (C=O) groups is 1. The van der Waals surface area contributed by atoms with Crippen molar-refractivity contribution >= 4 is 5.97 Å². The van der Waals surface area contributed by atoms with Gasteiger partial charge in [0.1, 0.15) is 12.2 Å². The average molecular weight is 194 g/mol. The van der Waals surface area contributed by atoms with Crippen molar-refractivity contribution in [1.29, 1.82) is 0 Å². The molecule has 0 aromatic heterocycles. The summed E-state index contributed by atoms with van der Waals surface area (Å²) in [7, 11) is 0. The van der Waals surface area contributed by atoms with Gasteiger partial charge in [-0.05, 0) is 12.5 Å². The fourth-order valence-electron chi connectivity index (χ4n) is 1.12. The number of esters is 1. The van der Waals surface area contributed by atoms with E-state index < -0.39 is 5.60 Å². The number of benzene rings is 1. The molecule has 0 saturated carbocycles. The topological polar surface area (TPSA) is 46.5 Å². The largest absolute Gasteiger partial charge is 0.462 e. The van der Waals surface area contributed by atoms with Crippen LogP contribution < -0.4 is 0 Å². The first kappa shape index (κ1) is 10.7. The molecule has 0 amide bonds. The van der Waals surface area contributed by atoms with Gasteiger partial charge < -0.3 is 9.84 Å². The van der Waals surface area contributed by atoms with Crippen LogP contribution in [-0.2, 0) is 15.1 Å². The summed E-state index contributed by atoms with van der Waals surface area (Å²) in [5.41, 5.74) is -0.381. The van der Waals surface area contributed by atoms with Gasteiger partial charge in [-0.2, -0.15) is 0 Å². The maximum atomic E-state index is 10.6. The zero-order valence-corrected chi connectivity index (χ0v) is 8.36. The summed E-state index contributed by atoms with van der Waals surface area (Å²) in [6.07, 6.45) is 0. The van der Waals surface area contributed by atoms with E-state index in [0.717, 1.165) is 5.56 Å². The minimum absolute atomic E-state index is 0.0215. The van der Waals surface area contributed by atoms with Crippen LogP contribution in [0.25, 0.3) is 0 Å². The summed E-state index contributed by atoms with van der Waals surface area (Å²) in [6, 6.07) is 9.12. The highest BCUT2D eigenvalue weighted by atomic mass is 16.5. The second kappa shape index (κ2) is 4.24. The van der Waals surface area contributed by atoms with Crippen LogP contribution in [0.15, 0.2) is 30.3 Å². The third kappa shape index (κ3) is 2.85. The first-order chi connectivity index (χ1) is 6.52. The van der Waals surface area contributed by atoms with Crippen LogP contribution in [0.5, 0.6) is 0 Å². The molecule has 1 N–H and O–H groups in total. The van der Waals surface area contributed by atoms with E-state index in [2.05, 4.69) is 0 Å². The molecular weight excluding hydrogens is 180 g/mol. The molecule has 0 bridgehead atoms. The van der Waals surface area contributed by atoms with Crippen molar-refractivity contribution in [3.63, 3.8) is 0 Å². The van der Waals surface area contributed by atoms with Gasteiger partial charge in [0.2, 0.25) is 0 Å². The SMILES string of the molecule is CC(=O)OC[C@](C)(O)c1ccccc1. The molecular formula is C11H14O3. The van der Waals surface area contributed by atoms with Crippen LogP contribution in [0.2, 0.25) is 0 Å². The molecule has 0 radical (unpaired) electrons. The maximum absolute atomic E-state index is 10.6. The van der Waals surface area contributed by atoms with Crippen molar-refractivity contribution < 1.29 is 14.6 Å². The summed E-state index contributed by atoms with van der Waals surface area (Å²) >= 11 is 0. The molecule has 1 aromatic carbocycles. The van der Waals surface area contributed by atoms with E-state index in [-0.39, 0.29) is 12.6 Å². The Morgan fingerprint density at radius 1 is 1.43 bits per heavy atom. The normalized spacial score (nSPS) is 14.5. The fourth-order valence-corrected chi connectivity index (χ4v) is 1.12. The highest BCUT2D eigenvalue weighted by molar-refractivity contribution is 5.66. The first-order valence-corrected chi connectivity index (χ1v) is 4.43. The van der Waals surface area contributed by atoms with Crippen molar-refractivity contribution in [1.82, 2.24) is 0 Å². The van der Waals surface area contributed by atoms with Crippen LogP contribution in [0, 0.1) is 0 Å². The van der Waals surface area contributed by atoms with Gasteiger partial charge >= 0.3 is 5.97 Å². The summed E-state index contributed by atoms with van der Waals surface area (Å²) in [4.78, 5) is 10.6. The molecule has 76 valence electrons. The Kier molecular flexibility index (Phi) is 3.25. The van der Waals surface area contributed by atoms with Gasteiger partial charge in [0.05, 0.1) is 0 Å². The van der Waals surface area contributed by atoms with Gasteiger partial charge in [-0.15, -0.1) is 0 Å². The van der Waals surface area contributed by atoms with Crippen molar-refractivity contribution in [3.8, 4) is 0 Å². The van der Waals surface area contributed by atoms with Crippen LogP contribution >= 0.6 is 0 Å². The molecule has 0 fully saturated rings. The van der Waals surface area contributed by atoms with Crippen molar-refractivity contribution in [2.75, 3.05) is 6.61 Å². The van der Waals surface area contributed by atoms with Crippen LogP contribution in [-0.4, -0.2) is 17.7 Å². The Morgan fingerprint density at radius 3 is 2.50 bits per heavy atom. The lowest BCUT2D eigenvalue weighted by atomic mass is 9.97. The third-order valence-electron chi connectivity index (χ3n) is 1.95. The Labute approximate surface area is 83.3 Å². The van der Waals surface area contributed by atoms with Gasteiger partial charge in [0, 0.05) is 6.92 Å². The number of hydrogen-bond donors (Lipinski definition) is 1. The van der Waals surface area contributed by atoms with Crippen molar-refractivity contribution in [2.24, 2.45) is 0 Å². The van der Waals surface area contributed by atoms with Crippen LogP contribution in [0.4, 0.5) is 0 Å². The minimum atomic E-state index is -1.12. The van der Waals surface area contributed by atoms with Crippen LogP contribution in [0.1, 0.15) is 19.4 Å². The Balaban J connectivity index is 2.70. The number of aliphatic hydroxyl groups is 1. The second-order valence-corrected chi connectivity index (χ2v) is 3.42. The number of ether oxygens (including phenoxy) is 1. The lowest BCUT2D eigenvalue weighted by Gasteiger charge is -2.22. The van der Waals surface area contributed by atoms with E-state index in [9.17, 15) is 9.90 Å². The Hall–Kier alpha value is -1.35. The van der Waals surface area contributed by atoms with E-state index in [4.69, 9.17) is 4.74 Å². The number of carbonyl (C=O) groups excluding carboxylic acids is 1. The lowest BCUT2D eigenvalue weighted by molar-refractivity contribution is -0.148. The van der Waals surface area contributed by atoms with Crippen LogP contribution in [0.3, 0.4) is 0 Å². The number of hydrogen-bond acceptors (Lipinski definition) is 3. The molecule has 0 heterocycles. The maximum Gasteiger partial charge on any atom is 0.302 e. The summed E-state index contributed by atoms with van der Waals surface area (Å²) in [6.45, 7) is 2.92. The molecule has 1 rings (SSSR count). The molecule has 1 aromatic rings. The molecule has 3 heteroatoms. The van der Waals surface area contributed by atoms with E-state index in [1.807, 2.05) is 18.2 Å². The van der Waals surface area contributed by atoms with E-state index in [1.165, 1.54) is 6.92 Å². The zero-order chi connectivity index (χ0) is 10.6. The molecule has 0 aliphatic heterocycles. The predicted molar refractivity (Wildman–Crippen MR) is 52.6 cm³/mol. The molecule has 1 atom stereocenters. The Morgan fingerprint density at radius 2 is 2.00 bits per heavy atom. The zero-order valence-electron chi connectivity index (χ0n) is 8.36. The number of rotatable bonds is 3. The minimum Gasteiger partial charge on any atom is -0.462 e. The van der Waals surface area contributed by atoms with Crippen molar-refractivity contribution in [3.05, 3.63) is 35.9 Å². The molecule has 0 unspecified atom stereocenters. The average Bonchev–Trinajstić information content (AvgIpc) is 2.16. The Bertz CT molecular complexity index is 304. The summed E-state index contributed by atoms with van der Waals surface area (Å²) in [5, 5.41) is 9.96. The first-order valence-electron chi connectivity index (χ1n) is 4.43. The molecule has 0 spiro atoms. The second-order valence-electron chi connectivity index (χ2n) is 3.42. The molecule has 0 aliphatic rings.